The summed E-state index contributed by atoms with van der Waals surface area (Å²) in [6.07, 6.45) is 4.82. The fourth-order valence-electron chi connectivity index (χ4n) is 1.92. The first-order chi connectivity index (χ1) is 6.24. The largest absolute Gasteiger partial charge is 0.339 e. The van der Waals surface area contributed by atoms with Crippen LogP contribution in [0.15, 0.2) is 4.52 Å². The maximum Gasteiger partial charge on any atom is 0.232 e. The SMILES string of the molecule is CC1(c2nc(CCl)no2)CCCC1. The second kappa shape index (κ2) is 3.29. The van der Waals surface area contributed by atoms with Gasteiger partial charge in [0.15, 0.2) is 5.82 Å². The zero-order valence-corrected chi connectivity index (χ0v) is 8.47. The number of alkyl halides is 1. The van der Waals surface area contributed by atoms with Crippen LogP contribution in [0.4, 0.5) is 0 Å². The van der Waals surface area contributed by atoms with Crippen LogP contribution in [-0.4, -0.2) is 10.1 Å². The summed E-state index contributed by atoms with van der Waals surface area (Å²) in [7, 11) is 0. The molecule has 1 aliphatic rings. The first kappa shape index (κ1) is 9.00. The summed E-state index contributed by atoms with van der Waals surface area (Å²) in [5.74, 6) is 1.70. The molecule has 3 nitrogen and oxygen atoms in total. The van der Waals surface area contributed by atoms with Gasteiger partial charge in [-0.25, -0.2) is 0 Å². The van der Waals surface area contributed by atoms with Crippen LogP contribution in [0.5, 0.6) is 0 Å². The van der Waals surface area contributed by atoms with Gasteiger partial charge in [-0.2, -0.15) is 4.98 Å². The molecule has 1 aromatic rings. The molecule has 0 aliphatic heterocycles. The monoisotopic (exact) mass is 200 g/mol. The number of nitrogens with zero attached hydrogens (tertiary/aromatic N) is 2. The summed E-state index contributed by atoms with van der Waals surface area (Å²) in [4.78, 5) is 4.27. The molecule has 0 amide bonds. The normalized spacial score (nSPS) is 20.8. The van der Waals surface area contributed by atoms with Crippen molar-refractivity contribution in [3.63, 3.8) is 0 Å². The van der Waals surface area contributed by atoms with Gasteiger partial charge >= 0.3 is 0 Å². The van der Waals surface area contributed by atoms with E-state index in [0.29, 0.717) is 11.7 Å². The highest BCUT2D eigenvalue weighted by Crippen LogP contribution is 2.39. The number of aromatic nitrogens is 2. The Hall–Kier alpha value is -0.570. The van der Waals surface area contributed by atoms with Gasteiger partial charge in [0.25, 0.3) is 0 Å². The zero-order valence-electron chi connectivity index (χ0n) is 7.72. The Bertz CT molecular complexity index is 292. The molecular weight excluding hydrogens is 188 g/mol. The molecule has 1 heterocycles. The van der Waals surface area contributed by atoms with Crippen molar-refractivity contribution < 1.29 is 4.52 Å². The fraction of sp³-hybridized carbons (Fsp3) is 0.778. The maximum atomic E-state index is 5.61. The smallest absolute Gasteiger partial charge is 0.232 e. The van der Waals surface area contributed by atoms with Gasteiger partial charge in [0.1, 0.15) is 0 Å². The summed E-state index contributed by atoms with van der Waals surface area (Å²) in [5, 5.41) is 3.81. The molecule has 1 aromatic heterocycles. The van der Waals surface area contributed by atoms with Crippen LogP contribution < -0.4 is 0 Å². The van der Waals surface area contributed by atoms with E-state index in [1.165, 1.54) is 12.8 Å². The molecule has 0 spiro atoms. The number of hydrogen-bond acceptors (Lipinski definition) is 3. The van der Waals surface area contributed by atoms with Gasteiger partial charge in [-0.05, 0) is 12.8 Å². The third-order valence-corrected chi connectivity index (χ3v) is 3.05. The number of rotatable bonds is 2. The second-order valence-electron chi connectivity index (χ2n) is 3.92. The van der Waals surface area contributed by atoms with E-state index in [0.717, 1.165) is 18.7 Å². The Balaban J connectivity index is 2.23. The Kier molecular flexibility index (Phi) is 2.28. The Morgan fingerprint density at radius 2 is 2.15 bits per heavy atom. The molecule has 2 rings (SSSR count). The van der Waals surface area contributed by atoms with E-state index in [-0.39, 0.29) is 5.41 Å². The highest BCUT2D eigenvalue weighted by atomic mass is 35.5. The molecule has 0 N–H and O–H groups in total. The third-order valence-electron chi connectivity index (χ3n) is 2.81. The van der Waals surface area contributed by atoms with Crippen molar-refractivity contribution in [3.8, 4) is 0 Å². The lowest BCUT2D eigenvalue weighted by atomic mass is 9.89. The van der Waals surface area contributed by atoms with Crippen LogP contribution in [0, 0.1) is 0 Å². The van der Waals surface area contributed by atoms with E-state index in [4.69, 9.17) is 16.1 Å². The van der Waals surface area contributed by atoms with Crippen molar-refractivity contribution in [2.75, 3.05) is 0 Å². The third kappa shape index (κ3) is 1.57. The Morgan fingerprint density at radius 3 is 2.69 bits per heavy atom. The maximum absolute atomic E-state index is 5.61. The Labute approximate surface area is 82.5 Å². The van der Waals surface area contributed by atoms with Crippen LogP contribution in [0.1, 0.15) is 44.3 Å². The van der Waals surface area contributed by atoms with Crippen LogP contribution in [0.2, 0.25) is 0 Å². The molecule has 1 saturated carbocycles. The van der Waals surface area contributed by atoms with Crippen LogP contribution in [0.3, 0.4) is 0 Å². The second-order valence-corrected chi connectivity index (χ2v) is 4.18. The van der Waals surface area contributed by atoms with Crippen molar-refractivity contribution >= 4 is 11.6 Å². The minimum atomic E-state index is 0.108. The van der Waals surface area contributed by atoms with Crippen molar-refractivity contribution in [2.45, 2.75) is 43.9 Å². The lowest BCUT2D eigenvalue weighted by Gasteiger charge is -2.16. The summed E-state index contributed by atoms with van der Waals surface area (Å²) in [6.45, 7) is 2.19. The summed E-state index contributed by atoms with van der Waals surface area (Å²) < 4.78 is 5.20. The molecule has 0 saturated heterocycles. The van der Waals surface area contributed by atoms with Crippen molar-refractivity contribution in [1.82, 2.24) is 10.1 Å². The minimum Gasteiger partial charge on any atom is -0.339 e. The molecule has 0 aromatic carbocycles. The quantitative estimate of drug-likeness (QED) is 0.689. The molecule has 4 heteroatoms. The molecule has 0 radical (unpaired) electrons. The van der Waals surface area contributed by atoms with E-state index in [9.17, 15) is 0 Å². The van der Waals surface area contributed by atoms with E-state index in [1.54, 1.807) is 0 Å². The van der Waals surface area contributed by atoms with Gasteiger partial charge in [-0.3, -0.25) is 0 Å². The van der Waals surface area contributed by atoms with E-state index in [2.05, 4.69) is 17.1 Å². The van der Waals surface area contributed by atoms with Gasteiger partial charge in [0.2, 0.25) is 5.89 Å². The average molecular weight is 201 g/mol. The van der Waals surface area contributed by atoms with Gasteiger partial charge in [-0.15, -0.1) is 11.6 Å². The van der Waals surface area contributed by atoms with Crippen LogP contribution in [0.25, 0.3) is 0 Å². The number of halogens is 1. The summed E-state index contributed by atoms with van der Waals surface area (Å²) >= 11 is 5.61. The molecule has 72 valence electrons. The molecular formula is C9H13ClN2O. The standard InChI is InChI=1S/C9H13ClN2O/c1-9(4-2-3-5-9)8-11-7(6-10)12-13-8/h2-6H2,1H3. The van der Waals surface area contributed by atoms with Gasteiger partial charge < -0.3 is 4.52 Å². The fourth-order valence-corrected chi connectivity index (χ4v) is 2.03. The Morgan fingerprint density at radius 1 is 1.46 bits per heavy atom. The van der Waals surface area contributed by atoms with Gasteiger partial charge in [0.05, 0.1) is 5.88 Å². The van der Waals surface area contributed by atoms with Crippen LogP contribution >= 0.6 is 11.6 Å². The van der Waals surface area contributed by atoms with Gasteiger partial charge in [0, 0.05) is 5.41 Å². The van der Waals surface area contributed by atoms with Crippen molar-refractivity contribution in [1.29, 1.82) is 0 Å². The molecule has 0 atom stereocenters. The van der Waals surface area contributed by atoms with E-state index < -0.39 is 0 Å². The predicted molar refractivity (Wildman–Crippen MR) is 49.7 cm³/mol. The van der Waals surface area contributed by atoms with Crippen molar-refractivity contribution in [3.05, 3.63) is 11.7 Å². The topological polar surface area (TPSA) is 38.9 Å². The zero-order chi connectivity index (χ0) is 9.31. The first-order valence-electron chi connectivity index (χ1n) is 4.64. The number of hydrogen-bond donors (Lipinski definition) is 0. The molecule has 13 heavy (non-hydrogen) atoms. The molecule has 1 aliphatic carbocycles. The predicted octanol–water partition coefficient (Wildman–Crippen LogP) is 2.64. The van der Waals surface area contributed by atoms with E-state index >= 15 is 0 Å². The minimum absolute atomic E-state index is 0.108. The molecule has 0 bridgehead atoms. The van der Waals surface area contributed by atoms with Crippen LogP contribution in [-0.2, 0) is 11.3 Å². The highest BCUT2D eigenvalue weighted by Gasteiger charge is 2.35. The lowest BCUT2D eigenvalue weighted by Crippen LogP contribution is -2.17. The summed E-state index contributed by atoms with van der Waals surface area (Å²) in [5.41, 5.74) is 0.108. The lowest BCUT2D eigenvalue weighted by molar-refractivity contribution is 0.294. The highest BCUT2D eigenvalue weighted by molar-refractivity contribution is 6.16. The van der Waals surface area contributed by atoms with Gasteiger partial charge in [-0.1, -0.05) is 24.9 Å². The molecule has 1 fully saturated rings. The van der Waals surface area contributed by atoms with Crippen molar-refractivity contribution in [2.24, 2.45) is 0 Å². The average Bonchev–Trinajstić information content (AvgIpc) is 2.72. The first-order valence-corrected chi connectivity index (χ1v) is 5.17. The summed E-state index contributed by atoms with van der Waals surface area (Å²) in [6, 6.07) is 0. The molecule has 0 unspecified atom stereocenters. The van der Waals surface area contributed by atoms with E-state index in [1.807, 2.05) is 0 Å².